The molecule has 0 spiro atoms. The summed E-state index contributed by atoms with van der Waals surface area (Å²) in [6.45, 7) is 5.54. The zero-order valence-electron chi connectivity index (χ0n) is 9.37. The summed E-state index contributed by atoms with van der Waals surface area (Å²) in [5.74, 6) is 0. The van der Waals surface area contributed by atoms with Crippen molar-refractivity contribution in [1.29, 1.82) is 0 Å². The molecule has 6 heteroatoms. The Labute approximate surface area is 94.3 Å². The molecule has 2 aromatic rings. The minimum Gasteiger partial charge on any atom is -0.309 e. The highest BCUT2D eigenvalue weighted by Crippen LogP contribution is 1.97. The van der Waals surface area contributed by atoms with E-state index in [-0.39, 0.29) is 0 Å². The predicted molar refractivity (Wildman–Crippen MR) is 59.6 cm³/mol. The smallest absolute Gasteiger partial charge is 0.0692 e. The maximum absolute atomic E-state index is 4.21. The molecule has 6 nitrogen and oxygen atoms in total. The Morgan fingerprint density at radius 2 is 2.31 bits per heavy atom. The molecule has 0 aliphatic heterocycles. The van der Waals surface area contributed by atoms with Gasteiger partial charge in [-0.05, 0) is 13.0 Å². The van der Waals surface area contributed by atoms with E-state index in [2.05, 4.69) is 27.7 Å². The Morgan fingerprint density at radius 3 is 3.06 bits per heavy atom. The van der Waals surface area contributed by atoms with Crippen LogP contribution in [-0.4, -0.2) is 31.3 Å². The lowest BCUT2D eigenvalue weighted by molar-refractivity contribution is 0.522. The molecule has 86 valence electrons. The summed E-state index contributed by atoms with van der Waals surface area (Å²) in [5.41, 5.74) is 1.21. The third-order valence-corrected chi connectivity index (χ3v) is 2.40. The van der Waals surface area contributed by atoms with Gasteiger partial charge >= 0.3 is 0 Å². The largest absolute Gasteiger partial charge is 0.309 e. The first-order valence-corrected chi connectivity index (χ1v) is 5.45. The average molecular weight is 220 g/mol. The van der Waals surface area contributed by atoms with Crippen LogP contribution in [0.4, 0.5) is 0 Å². The second-order valence-corrected chi connectivity index (χ2v) is 3.48. The van der Waals surface area contributed by atoms with Crippen LogP contribution in [0.5, 0.6) is 0 Å². The molecule has 0 saturated heterocycles. The lowest BCUT2D eigenvalue weighted by Gasteiger charge is -2.06. The van der Waals surface area contributed by atoms with Gasteiger partial charge in [-0.1, -0.05) is 5.21 Å². The number of aryl methyl sites for hydroxylation is 1. The molecule has 1 N–H and O–H groups in total. The van der Waals surface area contributed by atoms with Gasteiger partial charge < -0.3 is 5.32 Å². The van der Waals surface area contributed by atoms with Crippen LogP contribution >= 0.6 is 0 Å². The predicted octanol–water partition coefficient (Wildman–Crippen LogP) is 0.284. The lowest BCUT2D eigenvalue weighted by Crippen LogP contribution is -2.21. The van der Waals surface area contributed by atoms with Crippen molar-refractivity contribution in [2.75, 3.05) is 6.54 Å². The number of hydrogen-bond acceptors (Lipinski definition) is 4. The fraction of sp³-hybridized carbons (Fsp3) is 0.500. The van der Waals surface area contributed by atoms with Crippen molar-refractivity contribution in [3.8, 4) is 0 Å². The highest BCUT2D eigenvalue weighted by Gasteiger charge is 1.99. The molecule has 2 heterocycles. The zero-order valence-corrected chi connectivity index (χ0v) is 9.37. The van der Waals surface area contributed by atoms with E-state index in [1.165, 1.54) is 5.69 Å². The summed E-state index contributed by atoms with van der Waals surface area (Å²) in [4.78, 5) is 0. The van der Waals surface area contributed by atoms with Crippen LogP contribution in [0.1, 0.15) is 12.6 Å². The topological polar surface area (TPSA) is 60.6 Å². The Balaban J connectivity index is 1.72. The summed E-state index contributed by atoms with van der Waals surface area (Å²) in [7, 11) is 0. The van der Waals surface area contributed by atoms with E-state index in [0.29, 0.717) is 0 Å². The summed E-state index contributed by atoms with van der Waals surface area (Å²) >= 11 is 0. The molecule has 0 radical (unpaired) electrons. The molecule has 0 aliphatic carbocycles. The molecular weight excluding hydrogens is 204 g/mol. The molecular formula is C10H16N6. The van der Waals surface area contributed by atoms with E-state index < -0.39 is 0 Å². The normalized spacial score (nSPS) is 10.8. The van der Waals surface area contributed by atoms with Crippen LogP contribution in [0.3, 0.4) is 0 Å². The van der Waals surface area contributed by atoms with Gasteiger partial charge in [0.1, 0.15) is 0 Å². The number of nitrogens with zero attached hydrogens (tertiary/aromatic N) is 5. The summed E-state index contributed by atoms with van der Waals surface area (Å²) < 4.78 is 3.80. The van der Waals surface area contributed by atoms with E-state index in [0.717, 1.165) is 26.2 Å². The van der Waals surface area contributed by atoms with Gasteiger partial charge in [-0.2, -0.15) is 5.10 Å². The Hall–Kier alpha value is -1.69. The van der Waals surface area contributed by atoms with Gasteiger partial charge in [-0.3, -0.25) is 9.36 Å². The minimum atomic E-state index is 0.834. The summed E-state index contributed by atoms with van der Waals surface area (Å²) in [6, 6.07) is 2.03. The number of nitrogens with one attached hydrogen (secondary N) is 1. The number of rotatable bonds is 6. The molecule has 0 aliphatic rings. The molecule has 0 saturated carbocycles. The molecule has 0 amide bonds. The third kappa shape index (κ3) is 2.66. The fourth-order valence-electron chi connectivity index (χ4n) is 1.56. The van der Waals surface area contributed by atoms with Crippen molar-refractivity contribution in [3.05, 3.63) is 30.4 Å². The molecule has 0 atom stereocenters. The summed E-state index contributed by atoms with van der Waals surface area (Å²) in [6.07, 6.45) is 5.38. The molecule has 0 aromatic carbocycles. The number of aromatic nitrogens is 5. The van der Waals surface area contributed by atoms with Crippen molar-refractivity contribution >= 4 is 0 Å². The van der Waals surface area contributed by atoms with Crippen molar-refractivity contribution in [1.82, 2.24) is 30.1 Å². The van der Waals surface area contributed by atoms with Crippen molar-refractivity contribution < 1.29 is 0 Å². The first-order chi connectivity index (χ1) is 7.90. The molecule has 2 rings (SSSR count). The van der Waals surface area contributed by atoms with Crippen molar-refractivity contribution in [3.63, 3.8) is 0 Å². The lowest BCUT2D eigenvalue weighted by atomic mass is 10.4. The van der Waals surface area contributed by atoms with Gasteiger partial charge in [0.25, 0.3) is 0 Å². The average Bonchev–Trinajstić information content (AvgIpc) is 2.95. The van der Waals surface area contributed by atoms with Gasteiger partial charge in [-0.25, -0.2) is 0 Å². The van der Waals surface area contributed by atoms with E-state index >= 15 is 0 Å². The van der Waals surface area contributed by atoms with Gasteiger partial charge in [0.2, 0.25) is 0 Å². The zero-order chi connectivity index (χ0) is 11.2. The van der Waals surface area contributed by atoms with Crippen LogP contribution in [0.15, 0.2) is 24.7 Å². The SMILES string of the molecule is CCn1nccc1CNCCn1ccnn1. The van der Waals surface area contributed by atoms with Crippen LogP contribution in [0.2, 0.25) is 0 Å². The van der Waals surface area contributed by atoms with E-state index in [1.54, 1.807) is 6.20 Å². The monoisotopic (exact) mass is 220 g/mol. The maximum atomic E-state index is 4.21. The van der Waals surface area contributed by atoms with Crippen LogP contribution in [-0.2, 0) is 19.6 Å². The Kier molecular flexibility index (Phi) is 3.66. The molecule has 0 bridgehead atoms. The molecule has 0 fully saturated rings. The van der Waals surface area contributed by atoms with E-state index in [4.69, 9.17) is 0 Å². The second-order valence-electron chi connectivity index (χ2n) is 3.48. The van der Waals surface area contributed by atoms with E-state index in [1.807, 2.05) is 27.8 Å². The quantitative estimate of drug-likeness (QED) is 0.711. The van der Waals surface area contributed by atoms with Crippen LogP contribution < -0.4 is 5.32 Å². The molecule has 16 heavy (non-hydrogen) atoms. The van der Waals surface area contributed by atoms with Crippen LogP contribution in [0.25, 0.3) is 0 Å². The fourth-order valence-corrected chi connectivity index (χ4v) is 1.56. The van der Waals surface area contributed by atoms with Gasteiger partial charge in [0, 0.05) is 32.0 Å². The third-order valence-electron chi connectivity index (χ3n) is 2.40. The van der Waals surface area contributed by atoms with Crippen molar-refractivity contribution in [2.45, 2.75) is 26.6 Å². The highest BCUT2D eigenvalue weighted by molar-refractivity contribution is 4.99. The first kappa shape index (κ1) is 10.8. The maximum Gasteiger partial charge on any atom is 0.0692 e. The molecule has 0 unspecified atom stereocenters. The number of hydrogen-bond donors (Lipinski definition) is 1. The Morgan fingerprint density at radius 1 is 1.38 bits per heavy atom. The Bertz CT molecular complexity index is 405. The summed E-state index contributed by atoms with van der Waals surface area (Å²) in [5, 5.41) is 15.2. The van der Waals surface area contributed by atoms with Gasteiger partial charge in [0.05, 0.1) is 18.4 Å². The van der Waals surface area contributed by atoms with Crippen molar-refractivity contribution in [2.24, 2.45) is 0 Å². The first-order valence-electron chi connectivity index (χ1n) is 5.45. The second kappa shape index (κ2) is 5.41. The highest BCUT2D eigenvalue weighted by atomic mass is 15.4. The molecule has 2 aromatic heterocycles. The van der Waals surface area contributed by atoms with Gasteiger partial charge in [-0.15, -0.1) is 5.10 Å². The van der Waals surface area contributed by atoms with Crippen LogP contribution in [0, 0.1) is 0 Å². The standard InChI is InChI=1S/C10H16N6/c1-2-16-10(3-4-13-16)9-11-5-7-15-8-6-12-14-15/h3-4,6,8,11H,2,5,7,9H2,1H3. The van der Waals surface area contributed by atoms with E-state index in [9.17, 15) is 0 Å². The minimum absolute atomic E-state index is 0.834. The van der Waals surface area contributed by atoms with Gasteiger partial charge in [0.15, 0.2) is 0 Å².